The molecule has 0 bridgehead atoms. The van der Waals surface area contributed by atoms with Crippen molar-refractivity contribution in [3.8, 4) is 0 Å². The van der Waals surface area contributed by atoms with Crippen LogP contribution in [0.2, 0.25) is 0 Å². The minimum atomic E-state index is -0.276. The Kier molecular flexibility index (Phi) is 6.04. The van der Waals surface area contributed by atoms with E-state index >= 15 is 0 Å². The van der Waals surface area contributed by atoms with E-state index in [-0.39, 0.29) is 23.9 Å². The van der Waals surface area contributed by atoms with E-state index in [4.69, 9.17) is 5.53 Å². The third-order valence-corrected chi connectivity index (χ3v) is 6.11. The standard InChI is InChI=1S/C23H26N8O3/c1-12-19(10-17-16-9-14(28-29-24)5-6-18(16)27-21(17)32)25-13(2)20(12)22(33)26-15-7-8-31(11-15)23(34)30(3)4/h5-6,9-10,15,25H,7-8,11H2,1-4H3,(H,26,33)(H,27,32)/b17-10-/t15-/m0/s1. The summed E-state index contributed by atoms with van der Waals surface area (Å²) in [6.07, 6.45) is 2.39. The molecule has 2 aliphatic heterocycles. The predicted octanol–water partition coefficient (Wildman–Crippen LogP) is 3.55. The van der Waals surface area contributed by atoms with Crippen LogP contribution < -0.4 is 10.6 Å². The Labute approximate surface area is 196 Å². The first-order valence-electron chi connectivity index (χ1n) is 10.9. The van der Waals surface area contributed by atoms with Crippen LogP contribution in [0.4, 0.5) is 16.2 Å². The van der Waals surface area contributed by atoms with Gasteiger partial charge < -0.3 is 25.4 Å². The van der Waals surface area contributed by atoms with Crippen LogP contribution in [0.25, 0.3) is 22.1 Å². The minimum absolute atomic E-state index is 0.0709. The van der Waals surface area contributed by atoms with Crippen molar-refractivity contribution < 1.29 is 14.4 Å². The Hall–Kier alpha value is -4.24. The van der Waals surface area contributed by atoms with E-state index in [1.807, 2.05) is 13.8 Å². The van der Waals surface area contributed by atoms with Gasteiger partial charge in [0.1, 0.15) is 0 Å². The second-order valence-electron chi connectivity index (χ2n) is 8.68. The fraction of sp³-hybridized carbons (Fsp3) is 0.348. The van der Waals surface area contributed by atoms with Gasteiger partial charge in [-0.15, -0.1) is 0 Å². The van der Waals surface area contributed by atoms with Crippen molar-refractivity contribution >= 4 is 40.9 Å². The maximum absolute atomic E-state index is 13.1. The van der Waals surface area contributed by atoms with Crippen LogP contribution in [0.1, 0.15) is 39.3 Å². The highest BCUT2D eigenvalue weighted by atomic mass is 16.2. The van der Waals surface area contributed by atoms with Gasteiger partial charge in [-0.25, -0.2) is 4.79 Å². The average molecular weight is 463 g/mol. The molecule has 0 unspecified atom stereocenters. The van der Waals surface area contributed by atoms with Gasteiger partial charge in [0.25, 0.3) is 11.8 Å². The fourth-order valence-electron chi connectivity index (χ4n) is 4.43. The number of hydrogen-bond donors (Lipinski definition) is 3. The lowest BCUT2D eigenvalue weighted by molar-refractivity contribution is -0.110. The van der Waals surface area contributed by atoms with Gasteiger partial charge in [-0.1, -0.05) is 11.2 Å². The minimum Gasteiger partial charge on any atom is -0.358 e. The second kappa shape index (κ2) is 8.95. The Balaban J connectivity index is 1.57. The lowest BCUT2D eigenvalue weighted by Crippen LogP contribution is -2.41. The molecule has 2 aliphatic rings. The smallest absolute Gasteiger partial charge is 0.319 e. The lowest BCUT2D eigenvalue weighted by Gasteiger charge is -2.21. The van der Waals surface area contributed by atoms with Crippen LogP contribution in [-0.4, -0.2) is 65.9 Å². The molecule has 34 heavy (non-hydrogen) atoms. The van der Waals surface area contributed by atoms with Gasteiger partial charge >= 0.3 is 6.03 Å². The number of aryl methyl sites for hydroxylation is 1. The van der Waals surface area contributed by atoms with Crippen molar-refractivity contribution in [1.82, 2.24) is 20.1 Å². The highest BCUT2D eigenvalue weighted by molar-refractivity contribution is 6.35. The zero-order valence-corrected chi connectivity index (χ0v) is 19.5. The van der Waals surface area contributed by atoms with Crippen molar-refractivity contribution in [2.75, 3.05) is 32.5 Å². The Morgan fingerprint density at radius 1 is 1.32 bits per heavy atom. The molecule has 11 nitrogen and oxygen atoms in total. The van der Waals surface area contributed by atoms with Crippen LogP contribution in [0.15, 0.2) is 23.3 Å². The molecule has 0 spiro atoms. The van der Waals surface area contributed by atoms with Crippen molar-refractivity contribution in [3.05, 3.63) is 56.7 Å². The number of nitrogens with zero attached hydrogens (tertiary/aromatic N) is 5. The number of amides is 4. The quantitative estimate of drug-likeness (QED) is 0.276. The molecule has 0 aliphatic carbocycles. The summed E-state index contributed by atoms with van der Waals surface area (Å²) in [6, 6.07) is 4.77. The van der Waals surface area contributed by atoms with E-state index in [1.54, 1.807) is 43.3 Å². The van der Waals surface area contributed by atoms with Gasteiger partial charge in [-0.2, -0.15) is 0 Å². The number of carbonyl (C=O) groups excluding carboxylic acids is 3. The molecule has 11 heteroatoms. The Morgan fingerprint density at radius 2 is 2.09 bits per heavy atom. The monoisotopic (exact) mass is 462 g/mol. The maximum atomic E-state index is 13.1. The SMILES string of the molecule is Cc1[nH]c(/C=C2\C(=O)Nc3ccc(N=[N+]=[N-])cc32)c(C)c1C(=O)N[C@H]1CCN(C(=O)N(C)C)C1. The van der Waals surface area contributed by atoms with Crippen molar-refractivity contribution in [2.45, 2.75) is 26.3 Å². The number of anilines is 1. The number of urea groups is 1. The topological polar surface area (TPSA) is 146 Å². The van der Waals surface area contributed by atoms with Gasteiger partial charge in [-0.3, -0.25) is 9.59 Å². The highest BCUT2D eigenvalue weighted by Gasteiger charge is 2.30. The van der Waals surface area contributed by atoms with Gasteiger partial charge in [0.15, 0.2) is 0 Å². The van der Waals surface area contributed by atoms with Crippen molar-refractivity contribution in [3.63, 3.8) is 0 Å². The first-order chi connectivity index (χ1) is 16.2. The second-order valence-corrected chi connectivity index (χ2v) is 8.68. The summed E-state index contributed by atoms with van der Waals surface area (Å²) in [5.74, 6) is -0.496. The molecular weight excluding hydrogens is 436 g/mol. The third kappa shape index (κ3) is 4.20. The number of benzene rings is 1. The summed E-state index contributed by atoms with van der Waals surface area (Å²) in [7, 11) is 3.41. The van der Waals surface area contributed by atoms with E-state index in [2.05, 4.69) is 25.6 Å². The van der Waals surface area contributed by atoms with Crippen LogP contribution in [0.3, 0.4) is 0 Å². The van der Waals surface area contributed by atoms with E-state index in [1.165, 1.54) is 4.90 Å². The van der Waals surface area contributed by atoms with Gasteiger partial charge in [0.05, 0.1) is 11.1 Å². The van der Waals surface area contributed by atoms with Crippen LogP contribution in [-0.2, 0) is 4.79 Å². The van der Waals surface area contributed by atoms with Gasteiger partial charge in [-0.05, 0) is 49.6 Å². The molecule has 1 saturated heterocycles. The first-order valence-corrected chi connectivity index (χ1v) is 10.9. The van der Waals surface area contributed by atoms with E-state index in [0.717, 1.165) is 0 Å². The molecule has 1 aromatic heterocycles. The molecule has 4 amide bonds. The maximum Gasteiger partial charge on any atom is 0.319 e. The molecule has 0 saturated carbocycles. The molecule has 4 rings (SSSR count). The van der Waals surface area contributed by atoms with E-state index in [9.17, 15) is 14.4 Å². The Bertz CT molecular complexity index is 1270. The number of carbonyl (C=O) groups is 3. The number of aromatic amines is 1. The number of nitrogens with one attached hydrogen (secondary N) is 3. The number of hydrogen-bond acceptors (Lipinski definition) is 4. The number of H-pyrrole nitrogens is 1. The van der Waals surface area contributed by atoms with Gasteiger partial charge in [0, 0.05) is 66.5 Å². The zero-order valence-electron chi connectivity index (χ0n) is 19.5. The highest BCUT2D eigenvalue weighted by Crippen LogP contribution is 2.36. The first kappa shape index (κ1) is 22.9. The summed E-state index contributed by atoms with van der Waals surface area (Å²) < 4.78 is 0. The molecule has 1 aromatic carbocycles. The summed E-state index contributed by atoms with van der Waals surface area (Å²) >= 11 is 0. The fourth-order valence-corrected chi connectivity index (χ4v) is 4.43. The van der Waals surface area contributed by atoms with E-state index in [0.29, 0.717) is 64.5 Å². The molecular formula is C23H26N8O3. The predicted molar refractivity (Wildman–Crippen MR) is 129 cm³/mol. The summed E-state index contributed by atoms with van der Waals surface area (Å²) in [5, 5.41) is 9.45. The molecule has 176 valence electrons. The summed E-state index contributed by atoms with van der Waals surface area (Å²) in [5.41, 5.74) is 13.3. The number of aromatic nitrogens is 1. The van der Waals surface area contributed by atoms with E-state index < -0.39 is 0 Å². The molecule has 1 fully saturated rings. The molecule has 2 aromatic rings. The normalized spacial score (nSPS) is 17.9. The van der Waals surface area contributed by atoms with Crippen LogP contribution in [0, 0.1) is 13.8 Å². The van der Waals surface area contributed by atoms with Crippen LogP contribution in [0.5, 0.6) is 0 Å². The number of azide groups is 1. The average Bonchev–Trinajstić information content (AvgIpc) is 3.44. The number of likely N-dealkylation sites (tertiary alicyclic amines) is 1. The lowest BCUT2D eigenvalue weighted by atomic mass is 10.0. The summed E-state index contributed by atoms with van der Waals surface area (Å²) in [6.45, 7) is 4.69. The number of rotatable bonds is 4. The molecule has 3 N–H and O–H groups in total. The Morgan fingerprint density at radius 3 is 2.79 bits per heavy atom. The van der Waals surface area contributed by atoms with Gasteiger partial charge in [0.2, 0.25) is 0 Å². The third-order valence-electron chi connectivity index (χ3n) is 6.11. The largest absolute Gasteiger partial charge is 0.358 e. The van der Waals surface area contributed by atoms with Crippen molar-refractivity contribution in [1.29, 1.82) is 0 Å². The van der Waals surface area contributed by atoms with Crippen LogP contribution >= 0.6 is 0 Å². The molecule has 3 heterocycles. The number of fused-ring (bicyclic) bond motifs is 1. The zero-order chi connectivity index (χ0) is 24.6. The molecule has 1 atom stereocenters. The molecule has 0 radical (unpaired) electrons. The van der Waals surface area contributed by atoms with Crippen molar-refractivity contribution in [2.24, 2.45) is 5.11 Å². The summed E-state index contributed by atoms with van der Waals surface area (Å²) in [4.78, 5) is 47.1.